The second-order valence-corrected chi connectivity index (χ2v) is 8.60. The van der Waals surface area contributed by atoms with Crippen molar-refractivity contribution in [1.82, 2.24) is 9.62 Å². The highest BCUT2D eigenvalue weighted by Crippen LogP contribution is 2.21. The van der Waals surface area contributed by atoms with E-state index in [1.54, 1.807) is 36.4 Å². The number of nitrogens with zero attached hydrogens (tertiary/aromatic N) is 1. The van der Waals surface area contributed by atoms with Crippen LogP contribution in [0.3, 0.4) is 0 Å². The number of carbonyl (C=O) groups is 1. The summed E-state index contributed by atoms with van der Waals surface area (Å²) in [5.74, 6) is -0.276. The highest BCUT2D eigenvalue weighted by molar-refractivity contribution is 7.89. The van der Waals surface area contributed by atoms with Crippen LogP contribution in [0.1, 0.15) is 41.6 Å². The number of hydrogen-bond acceptors (Lipinski definition) is 4. The lowest BCUT2D eigenvalue weighted by Gasteiger charge is -2.20. The molecule has 1 heterocycles. The van der Waals surface area contributed by atoms with Crippen LogP contribution in [-0.2, 0) is 16.6 Å². The van der Waals surface area contributed by atoms with Gasteiger partial charge in [0.15, 0.2) is 0 Å². The van der Waals surface area contributed by atoms with Gasteiger partial charge in [0.05, 0.1) is 4.90 Å². The number of aromatic hydroxyl groups is 1. The highest BCUT2D eigenvalue weighted by atomic mass is 32.2. The summed E-state index contributed by atoms with van der Waals surface area (Å²) in [7, 11) is -3.60. The van der Waals surface area contributed by atoms with Crippen LogP contribution in [-0.4, -0.2) is 36.8 Å². The first kappa shape index (κ1) is 19.4. The van der Waals surface area contributed by atoms with E-state index in [4.69, 9.17) is 0 Å². The molecule has 0 radical (unpaired) electrons. The zero-order chi connectivity index (χ0) is 19.3. The van der Waals surface area contributed by atoms with Crippen LogP contribution in [0, 0.1) is 0 Å². The minimum absolute atomic E-state index is 0.107. The summed E-state index contributed by atoms with van der Waals surface area (Å²) >= 11 is 0. The van der Waals surface area contributed by atoms with E-state index < -0.39 is 10.0 Å². The van der Waals surface area contributed by atoms with Crippen LogP contribution in [0.2, 0.25) is 0 Å². The van der Waals surface area contributed by atoms with Gasteiger partial charge in [-0.15, -0.1) is 0 Å². The summed E-state index contributed by atoms with van der Waals surface area (Å²) in [6, 6.07) is 12.9. The maximum absolute atomic E-state index is 12.9. The van der Waals surface area contributed by atoms with Gasteiger partial charge in [0.25, 0.3) is 5.91 Å². The molecule has 2 aromatic carbocycles. The lowest BCUT2D eigenvalue weighted by Crippen LogP contribution is -2.32. The molecule has 27 heavy (non-hydrogen) atoms. The zero-order valence-electron chi connectivity index (χ0n) is 15.1. The molecule has 0 aliphatic carbocycles. The van der Waals surface area contributed by atoms with Crippen molar-refractivity contribution in [2.24, 2.45) is 0 Å². The van der Waals surface area contributed by atoms with Gasteiger partial charge in [0.2, 0.25) is 10.0 Å². The Labute approximate surface area is 159 Å². The SMILES string of the molecule is O=C(NCc1ccccc1O)c1cccc(S(=O)(=O)N2CCCCCC2)c1. The van der Waals surface area contributed by atoms with Crippen LogP contribution < -0.4 is 5.32 Å². The molecule has 6 nitrogen and oxygen atoms in total. The lowest BCUT2D eigenvalue weighted by atomic mass is 10.2. The molecule has 0 saturated carbocycles. The fourth-order valence-corrected chi connectivity index (χ4v) is 4.73. The average Bonchev–Trinajstić information content (AvgIpc) is 2.97. The Bertz CT molecular complexity index is 904. The molecular formula is C20H24N2O4S. The molecule has 1 saturated heterocycles. The minimum Gasteiger partial charge on any atom is -0.508 e. The van der Waals surface area contributed by atoms with Crippen molar-refractivity contribution >= 4 is 15.9 Å². The number of nitrogens with one attached hydrogen (secondary N) is 1. The number of amides is 1. The van der Waals surface area contributed by atoms with Crippen molar-refractivity contribution in [3.8, 4) is 5.75 Å². The minimum atomic E-state index is -3.60. The van der Waals surface area contributed by atoms with E-state index in [2.05, 4.69) is 5.32 Å². The fourth-order valence-electron chi connectivity index (χ4n) is 3.17. The summed E-state index contributed by atoms with van der Waals surface area (Å²) in [6.45, 7) is 1.20. The van der Waals surface area contributed by atoms with Gasteiger partial charge in [-0.25, -0.2) is 8.42 Å². The molecule has 144 valence electrons. The van der Waals surface area contributed by atoms with E-state index in [1.807, 2.05) is 0 Å². The molecular weight excluding hydrogens is 364 g/mol. The van der Waals surface area contributed by atoms with Gasteiger partial charge < -0.3 is 10.4 Å². The standard InChI is InChI=1S/C20H24N2O4S/c23-19-11-4-3-8-17(19)15-21-20(24)16-9-7-10-18(14-16)27(25,26)22-12-5-1-2-6-13-22/h3-4,7-11,14,23H,1-2,5-6,12-13,15H2,(H,21,24). The second kappa shape index (κ2) is 8.54. The molecule has 0 spiro atoms. The van der Waals surface area contributed by atoms with Gasteiger partial charge in [-0.1, -0.05) is 37.1 Å². The quantitative estimate of drug-likeness (QED) is 0.825. The summed E-state index contributed by atoms with van der Waals surface area (Å²) in [5, 5.41) is 12.5. The van der Waals surface area contributed by atoms with Crippen molar-refractivity contribution in [2.45, 2.75) is 37.1 Å². The Morgan fingerprint density at radius 1 is 1.00 bits per heavy atom. The summed E-state index contributed by atoms with van der Waals surface area (Å²) in [4.78, 5) is 12.6. The van der Waals surface area contributed by atoms with Crippen molar-refractivity contribution in [3.63, 3.8) is 0 Å². The van der Waals surface area contributed by atoms with E-state index in [9.17, 15) is 18.3 Å². The predicted octanol–water partition coefficient (Wildman–Crippen LogP) is 2.89. The Balaban J connectivity index is 1.74. The Kier molecular flexibility index (Phi) is 6.13. The second-order valence-electron chi connectivity index (χ2n) is 6.66. The van der Waals surface area contributed by atoms with Gasteiger partial charge in [0, 0.05) is 30.8 Å². The first-order valence-electron chi connectivity index (χ1n) is 9.14. The summed E-state index contributed by atoms with van der Waals surface area (Å²) < 4.78 is 27.3. The highest BCUT2D eigenvalue weighted by Gasteiger charge is 2.25. The molecule has 3 rings (SSSR count). The van der Waals surface area contributed by atoms with Crippen LogP contribution in [0.15, 0.2) is 53.4 Å². The molecule has 0 atom stereocenters. The maximum atomic E-state index is 12.9. The van der Waals surface area contributed by atoms with Gasteiger partial charge >= 0.3 is 0 Å². The maximum Gasteiger partial charge on any atom is 0.251 e. The van der Waals surface area contributed by atoms with Gasteiger partial charge in [-0.05, 0) is 37.1 Å². The number of benzene rings is 2. The van der Waals surface area contributed by atoms with E-state index in [1.165, 1.54) is 16.4 Å². The molecule has 1 aliphatic rings. The Morgan fingerprint density at radius 2 is 1.70 bits per heavy atom. The average molecular weight is 388 g/mol. The molecule has 0 unspecified atom stereocenters. The van der Waals surface area contributed by atoms with E-state index in [0.29, 0.717) is 18.7 Å². The van der Waals surface area contributed by atoms with Crippen molar-refractivity contribution < 1.29 is 18.3 Å². The summed E-state index contributed by atoms with van der Waals surface area (Å²) in [5.41, 5.74) is 0.875. The molecule has 0 aromatic heterocycles. The smallest absolute Gasteiger partial charge is 0.251 e. The summed E-state index contributed by atoms with van der Waals surface area (Å²) in [6.07, 6.45) is 3.81. The fraction of sp³-hybridized carbons (Fsp3) is 0.350. The zero-order valence-corrected chi connectivity index (χ0v) is 15.9. The monoisotopic (exact) mass is 388 g/mol. The molecule has 1 fully saturated rings. The number of sulfonamides is 1. The molecule has 2 N–H and O–H groups in total. The third-order valence-electron chi connectivity index (χ3n) is 4.73. The number of phenolic OH excluding ortho intramolecular Hbond substituents is 1. The lowest BCUT2D eigenvalue weighted by molar-refractivity contribution is 0.0950. The number of carbonyl (C=O) groups excluding carboxylic acids is 1. The van der Waals surface area contributed by atoms with Crippen LogP contribution >= 0.6 is 0 Å². The number of hydrogen-bond donors (Lipinski definition) is 2. The van der Waals surface area contributed by atoms with Gasteiger partial charge in [0.1, 0.15) is 5.75 Å². The van der Waals surface area contributed by atoms with E-state index in [-0.39, 0.29) is 28.7 Å². The number of rotatable bonds is 5. The molecule has 1 aliphatic heterocycles. The topological polar surface area (TPSA) is 86.7 Å². The van der Waals surface area contributed by atoms with Crippen LogP contribution in [0.4, 0.5) is 0 Å². The molecule has 7 heteroatoms. The Morgan fingerprint density at radius 3 is 2.41 bits per heavy atom. The first-order valence-corrected chi connectivity index (χ1v) is 10.6. The predicted molar refractivity (Wildman–Crippen MR) is 103 cm³/mol. The third kappa shape index (κ3) is 4.67. The van der Waals surface area contributed by atoms with Crippen molar-refractivity contribution in [1.29, 1.82) is 0 Å². The van der Waals surface area contributed by atoms with Crippen LogP contribution in [0.25, 0.3) is 0 Å². The molecule has 1 amide bonds. The van der Waals surface area contributed by atoms with E-state index >= 15 is 0 Å². The largest absolute Gasteiger partial charge is 0.508 e. The van der Waals surface area contributed by atoms with Gasteiger partial charge in [-0.3, -0.25) is 4.79 Å². The molecule has 2 aromatic rings. The Hall–Kier alpha value is -2.38. The number of phenols is 1. The normalized spacial score (nSPS) is 15.9. The van der Waals surface area contributed by atoms with Gasteiger partial charge in [-0.2, -0.15) is 4.31 Å². The number of para-hydroxylation sites is 1. The third-order valence-corrected chi connectivity index (χ3v) is 6.62. The van der Waals surface area contributed by atoms with Crippen molar-refractivity contribution in [2.75, 3.05) is 13.1 Å². The first-order chi connectivity index (χ1) is 13.0. The van der Waals surface area contributed by atoms with Crippen molar-refractivity contribution in [3.05, 3.63) is 59.7 Å². The van der Waals surface area contributed by atoms with E-state index in [0.717, 1.165) is 25.7 Å². The molecule has 0 bridgehead atoms. The van der Waals surface area contributed by atoms with Crippen LogP contribution in [0.5, 0.6) is 5.75 Å².